The number of rotatable bonds is 9. The third kappa shape index (κ3) is 5.96. The van der Waals surface area contributed by atoms with Crippen molar-refractivity contribution in [1.82, 2.24) is 10.6 Å². The van der Waals surface area contributed by atoms with Crippen molar-refractivity contribution in [2.24, 2.45) is 0 Å². The SMILES string of the molecule is O=C(CCNC(=O)c1cccs1)NCc1ccccc1COc1ccccc1. The lowest BCUT2D eigenvalue weighted by Gasteiger charge is -2.12. The highest BCUT2D eigenvalue weighted by Crippen LogP contribution is 2.14. The molecular weight excluding hydrogens is 372 g/mol. The largest absolute Gasteiger partial charge is 0.489 e. The van der Waals surface area contributed by atoms with Crippen LogP contribution in [-0.2, 0) is 17.9 Å². The van der Waals surface area contributed by atoms with Gasteiger partial charge in [0.2, 0.25) is 5.91 Å². The van der Waals surface area contributed by atoms with E-state index in [2.05, 4.69) is 10.6 Å². The lowest BCUT2D eigenvalue weighted by atomic mass is 10.1. The van der Waals surface area contributed by atoms with E-state index in [9.17, 15) is 9.59 Å². The number of hydrogen-bond acceptors (Lipinski definition) is 4. The molecule has 0 unspecified atom stereocenters. The van der Waals surface area contributed by atoms with Gasteiger partial charge in [-0.05, 0) is 34.7 Å². The smallest absolute Gasteiger partial charge is 0.261 e. The summed E-state index contributed by atoms with van der Waals surface area (Å²) in [5.74, 6) is 0.555. The number of ether oxygens (including phenoxy) is 1. The minimum atomic E-state index is -0.147. The summed E-state index contributed by atoms with van der Waals surface area (Å²) >= 11 is 1.38. The van der Waals surface area contributed by atoms with Gasteiger partial charge in [0.25, 0.3) is 5.91 Å². The summed E-state index contributed by atoms with van der Waals surface area (Å²) in [4.78, 5) is 24.6. The van der Waals surface area contributed by atoms with Crippen LogP contribution in [0.1, 0.15) is 27.2 Å². The molecule has 144 valence electrons. The topological polar surface area (TPSA) is 67.4 Å². The zero-order chi connectivity index (χ0) is 19.6. The second kappa shape index (κ2) is 10.3. The van der Waals surface area contributed by atoms with Crippen molar-refractivity contribution in [1.29, 1.82) is 0 Å². The highest BCUT2D eigenvalue weighted by molar-refractivity contribution is 7.12. The van der Waals surface area contributed by atoms with E-state index in [-0.39, 0.29) is 18.2 Å². The van der Waals surface area contributed by atoms with E-state index in [0.717, 1.165) is 16.9 Å². The number of benzene rings is 2. The molecule has 1 heterocycles. The maximum absolute atomic E-state index is 12.1. The monoisotopic (exact) mass is 394 g/mol. The van der Waals surface area contributed by atoms with Crippen molar-refractivity contribution < 1.29 is 14.3 Å². The molecule has 0 bridgehead atoms. The van der Waals surface area contributed by atoms with Gasteiger partial charge in [-0.3, -0.25) is 9.59 Å². The van der Waals surface area contributed by atoms with Crippen molar-refractivity contribution in [3.63, 3.8) is 0 Å². The first-order valence-corrected chi connectivity index (χ1v) is 9.93. The number of carbonyl (C=O) groups is 2. The van der Waals surface area contributed by atoms with Crippen molar-refractivity contribution >= 4 is 23.2 Å². The van der Waals surface area contributed by atoms with Gasteiger partial charge in [0.05, 0.1) is 4.88 Å². The molecule has 2 aromatic carbocycles. The first kappa shape index (κ1) is 19.6. The molecule has 5 nitrogen and oxygen atoms in total. The van der Waals surface area contributed by atoms with E-state index in [4.69, 9.17) is 4.74 Å². The third-order valence-electron chi connectivity index (χ3n) is 4.11. The summed E-state index contributed by atoms with van der Waals surface area (Å²) in [6.45, 7) is 1.17. The Bertz CT molecular complexity index is 895. The molecule has 2 N–H and O–H groups in total. The van der Waals surface area contributed by atoms with E-state index in [1.54, 1.807) is 6.07 Å². The zero-order valence-electron chi connectivity index (χ0n) is 15.4. The molecule has 0 fully saturated rings. The summed E-state index contributed by atoms with van der Waals surface area (Å²) in [6, 6.07) is 21.1. The van der Waals surface area contributed by atoms with Gasteiger partial charge in [-0.25, -0.2) is 0 Å². The number of amides is 2. The Morgan fingerprint density at radius 2 is 1.61 bits per heavy atom. The molecular formula is C22H22N2O3S. The highest BCUT2D eigenvalue weighted by Gasteiger charge is 2.08. The Balaban J connectivity index is 1.43. The molecule has 0 atom stereocenters. The summed E-state index contributed by atoms with van der Waals surface area (Å²) in [7, 11) is 0. The Morgan fingerprint density at radius 3 is 2.36 bits per heavy atom. The predicted molar refractivity (Wildman–Crippen MR) is 110 cm³/mol. The predicted octanol–water partition coefficient (Wildman–Crippen LogP) is 3.76. The number of thiophene rings is 1. The summed E-state index contributed by atoms with van der Waals surface area (Å²) in [5, 5.41) is 7.51. The van der Waals surface area contributed by atoms with Crippen LogP contribution in [0.5, 0.6) is 5.75 Å². The van der Waals surface area contributed by atoms with Crippen LogP contribution in [0.2, 0.25) is 0 Å². The van der Waals surface area contributed by atoms with Gasteiger partial charge >= 0.3 is 0 Å². The number of para-hydroxylation sites is 1. The molecule has 0 saturated heterocycles. The fourth-order valence-electron chi connectivity index (χ4n) is 2.62. The average molecular weight is 394 g/mol. The number of hydrogen-bond donors (Lipinski definition) is 2. The van der Waals surface area contributed by atoms with E-state index >= 15 is 0 Å². The number of carbonyl (C=O) groups excluding carboxylic acids is 2. The van der Waals surface area contributed by atoms with Crippen LogP contribution in [0, 0.1) is 0 Å². The summed E-state index contributed by atoms with van der Waals surface area (Å²) in [6.07, 6.45) is 0.236. The molecule has 6 heteroatoms. The quantitative estimate of drug-likeness (QED) is 0.581. The first-order chi connectivity index (χ1) is 13.7. The van der Waals surface area contributed by atoms with Gasteiger partial charge in [-0.1, -0.05) is 48.5 Å². The summed E-state index contributed by atoms with van der Waals surface area (Å²) < 4.78 is 5.81. The van der Waals surface area contributed by atoms with Gasteiger partial charge in [0.1, 0.15) is 12.4 Å². The van der Waals surface area contributed by atoms with Crippen LogP contribution in [0.15, 0.2) is 72.1 Å². The van der Waals surface area contributed by atoms with Crippen LogP contribution in [0.3, 0.4) is 0 Å². The third-order valence-corrected chi connectivity index (χ3v) is 4.98. The Morgan fingerprint density at radius 1 is 0.857 bits per heavy atom. The normalized spacial score (nSPS) is 10.3. The van der Waals surface area contributed by atoms with Gasteiger partial charge in [-0.15, -0.1) is 11.3 Å². The standard InChI is InChI=1S/C22H22N2O3S/c25-21(12-13-23-22(26)20-11-6-14-28-20)24-15-17-7-4-5-8-18(17)16-27-19-9-2-1-3-10-19/h1-11,14H,12-13,15-16H2,(H,23,26)(H,24,25). The Labute approximate surface area is 168 Å². The number of nitrogens with one attached hydrogen (secondary N) is 2. The Kier molecular flexibility index (Phi) is 7.21. The van der Waals surface area contributed by atoms with Crippen LogP contribution in [0.25, 0.3) is 0 Å². The minimum Gasteiger partial charge on any atom is -0.489 e. The molecule has 2 amide bonds. The lowest BCUT2D eigenvalue weighted by Crippen LogP contribution is -2.30. The van der Waals surface area contributed by atoms with Crippen molar-refractivity contribution in [3.8, 4) is 5.75 Å². The van der Waals surface area contributed by atoms with Crippen LogP contribution in [-0.4, -0.2) is 18.4 Å². The zero-order valence-corrected chi connectivity index (χ0v) is 16.2. The minimum absolute atomic E-state index is 0.106. The molecule has 0 spiro atoms. The molecule has 0 aliphatic carbocycles. The van der Waals surface area contributed by atoms with Gasteiger partial charge < -0.3 is 15.4 Å². The highest BCUT2D eigenvalue weighted by atomic mass is 32.1. The second-order valence-electron chi connectivity index (χ2n) is 6.13. The van der Waals surface area contributed by atoms with E-state index in [1.807, 2.05) is 66.0 Å². The van der Waals surface area contributed by atoms with Crippen molar-refractivity contribution in [3.05, 3.63) is 88.1 Å². The molecule has 1 aromatic heterocycles. The van der Waals surface area contributed by atoms with E-state index in [1.165, 1.54) is 11.3 Å². The fraction of sp³-hybridized carbons (Fsp3) is 0.182. The molecule has 0 saturated carbocycles. The molecule has 0 radical (unpaired) electrons. The Hall–Kier alpha value is -3.12. The van der Waals surface area contributed by atoms with E-state index in [0.29, 0.717) is 24.6 Å². The lowest BCUT2D eigenvalue weighted by molar-refractivity contribution is -0.121. The van der Waals surface area contributed by atoms with Crippen molar-refractivity contribution in [2.75, 3.05) is 6.54 Å². The maximum Gasteiger partial charge on any atom is 0.261 e. The fourth-order valence-corrected chi connectivity index (χ4v) is 3.26. The maximum atomic E-state index is 12.1. The second-order valence-corrected chi connectivity index (χ2v) is 7.08. The van der Waals surface area contributed by atoms with Gasteiger partial charge in [0.15, 0.2) is 0 Å². The molecule has 0 aliphatic heterocycles. The van der Waals surface area contributed by atoms with Crippen molar-refractivity contribution in [2.45, 2.75) is 19.6 Å². The molecule has 3 aromatic rings. The van der Waals surface area contributed by atoms with Crippen LogP contribution >= 0.6 is 11.3 Å². The molecule has 3 rings (SSSR count). The molecule has 28 heavy (non-hydrogen) atoms. The summed E-state index contributed by atoms with van der Waals surface area (Å²) in [5.41, 5.74) is 2.03. The molecule has 0 aliphatic rings. The van der Waals surface area contributed by atoms with Gasteiger partial charge in [0, 0.05) is 19.5 Å². The average Bonchev–Trinajstić information content (AvgIpc) is 3.27. The van der Waals surface area contributed by atoms with Gasteiger partial charge in [-0.2, -0.15) is 0 Å². The van der Waals surface area contributed by atoms with E-state index < -0.39 is 0 Å². The first-order valence-electron chi connectivity index (χ1n) is 9.05. The van der Waals surface area contributed by atoms with Crippen LogP contribution < -0.4 is 15.4 Å². The van der Waals surface area contributed by atoms with Crippen LogP contribution in [0.4, 0.5) is 0 Å².